The van der Waals surface area contributed by atoms with Crippen molar-refractivity contribution in [3.05, 3.63) is 52.5 Å². The van der Waals surface area contributed by atoms with Crippen LogP contribution in [0.5, 0.6) is 0 Å². The highest BCUT2D eigenvalue weighted by Crippen LogP contribution is 2.25. The standard InChI is InChI=1S/C18H19Cl2N5O4S3/c19-10-1-6-15(14(20)7-10)23-18(31)25-24-16(27)8-12(26)9-17(30)22-11-2-4-13(5-3-11)32(21,28)29/h1-7,17,22,30H,8-9H2,(H,24,27)(H2,21,28,29)(H2,23,25,31). The van der Waals surface area contributed by atoms with E-state index in [1.165, 1.54) is 30.3 Å². The zero-order valence-corrected chi connectivity index (χ0v) is 20.3. The maximum absolute atomic E-state index is 12.1. The van der Waals surface area contributed by atoms with Gasteiger partial charge in [-0.2, -0.15) is 12.6 Å². The highest BCUT2D eigenvalue weighted by molar-refractivity contribution is 7.89. The molecule has 0 aromatic heterocycles. The number of thiocarbonyl (C=S) groups is 1. The summed E-state index contributed by atoms with van der Waals surface area (Å²) in [6.45, 7) is 0. The Morgan fingerprint density at radius 2 is 1.75 bits per heavy atom. The van der Waals surface area contributed by atoms with Gasteiger partial charge >= 0.3 is 0 Å². The van der Waals surface area contributed by atoms with Crippen LogP contribution in [0.1, 0.15) is 12.8 Å². The Morgan fingerprint density at radius 3 is 2.34 bits per heavy atom. The molecule has 2 aromatic carbocycles. The van der Waals surface area contributed by atoms with Crippen molar-refractivity contribution in [2.24, 2.45) is 5.14 Å². The first-order valence-corrected chi connectivity index (χ1v) is 12.1. The molecule has 0 radical (unpaired) electrons. The van der Waals surface area contributed by atoms with Crippen molar-refractivity contribution in [2.75, 3.05) is 10.6 Å². The molecule has 1 atom stereocenters. The van der Waals surface area contributed by atoms with E-state index in [2.05, 4.69) is 34.1 Å². The van der Waals surface area contributed by atoms with Gasteiger partial charge in [0.2, 0.25) is 15.9 Å². The largest absolute Gasteiger partial charge is 0.373 e. The molecule has 0 bridgehead atoms. The smallest absolute Gasteiger partial charge is 0.245 e. The number of amides is 1. The first-order valence-electron chi connectivity index (χ1n) is 8.84. The van der Waals surface area contributed by atoms with Crippen LogP contribution in [0.15, 0.2) is 47.4 Å². The third kappa shape index (κ3) is 8.81. The van der Waals surface area contributed by atoms with Gasteiger partial charge in [0.05, 0.1) is 27.4 Å². The molecule has 0 aliphatic carbocycles. The summed E-state index contributed by atoms with van der Waals surface area (Å²) < 4.78 is 22.5. The average Bonchev–Trinajstić information content (AvgIpc) is 2.68. The monoisotopic (exact) mass is 535 g/mol. The lowest BCUT2D eigenvalue weighted by Gasteiger charge is -2.15. The van der Waals surface area contributed by atoms with Crippen LogP contribution in [-0.4, -0.2) is 30.6 Å². The Balaban J connectivity index is 1.74. The third-order valence-electron chi connectivity index (χ3n) is 3.79. The van der Waals surface area contributed by atoms with Crippen molar-refractivity contribution in [1.82, 2.24) is 10.9 Å². The lowest BCUT2D eigenvalue weighted by molar-refractivity contribution is -0.128. The molecule has 0 heterocycles. The lowest BCUT2D eigenvalue weighted by Crippen LogP contribution is -2.44. The molecule has 2 aromatic rings. The number of nitrogens with one attached hydrogen (secondary N) is 4. The number of ketones is 1. The molecular formula is C18H19Cl2N5O4S3. The van der Waals surface area contributed by atoms with Gasteiger partial charge in [0.15, 0.2) is 5.11 Å². The van der Waals surface area contributed by atoms with E-state index in [9.17, 15) is 18.0 Å². The molecule has 6 N–H and O–H groups in total. The van der Waals surface area contributed by atoms with Crippen LogP contribution in [-0.2, 0) is 19.6 Å². The molecule has 172 valence electrons. The number of carbonyl (C=O) groups excluding carboxylic acids is 2. The number of carbonyl (C=O) groups is 2. The molecule has 1 unspecified atom stereocenters. The van der Waals surface area contributed by atoms with E-state index in [4.69, 9.17) is 40.6 Å². The number of hydrogen-bond acceptors (Lipinski definition) is 7. The molecule has 1 amide bonds. The molecule has 2 rings (SSSR count). The molecule has 0 spiro atoms. The second kappa shape index (κ2) is 11.7. The number of nitrogens with two attached hydrogens (primary N) is 1. The molecule has 9 nitrogen and oxygen atoms in total. The molecule has 0 fully saturated rings. The average molecular weight is 536 g/mol. The summed E-state index contributed by atoms with van der Waals surface area (Å²) in [7, 11) is -3.79. The molecule has 0 aliphatic rings. The second-order valence-electron chi connectivity index (χ2n) is 6.40. The summed E-state index contributed by atoms with van der Waals surface area (Å²) >= 11 is 21.2. The van der Waals surface area contributed by atoms with Crippen LogP contribution in [0.4, 0.5) is 11.4 Å². The quantitative estimate of drug-likeness (QED) is 0.0995. The normalized spacial score (nSPS) is 11.9. The topological polar surface area (TPSA) is 142 Å². The summed E-state index contributed by atoms with van der Waals surface area (Å²) in [5.41, 5.74) is 5.80. The Morgan fingerprint density at radius 1 is 1.09 bits per heavy atom. The van der Waals surface area contributed by atoms with Crippen molar-refractivity contribution in [2.45, 2.75) is 23.1 Å². The van der Waals surface area contributed by atoms with E-state index in [0.29, 0.717) is 21.4 Å². The number of hydrogen-bond donors (Lipinski definition) is 6. The fraction of sp³-hybridized carbons (Fsp3) is 0.167. The molecule has 32 heavy (non-hydrogen) atoms. The van der Waals surface area contributed by atoms with Gasteiger partial charge in [-0.25, -0.2) is 13.6 Å². The number of benzene rings is 2. The highest BCUT2D eigenvalue weighted by atomic mass is 35.5. The van der Waals surface area contributed by atoms with Crippen molar-refractivity contribution >= 4 is 86.2 Å². The number of hydrazine groups is 1. The van der Waals surface area contributed by atoms with Crippen LogP contribution in [0.3, 0.4) is 0 Å². The van der Waals surface area contributed by atoms with Gasteiger partial charge in [0, 0.05) is 17.1 Å². The van der Waals surface area contributed by atoms with Crippen LogP contribution in [0.25, 0.3) is 0 Å². The predicted molar refractivity (Wildman–Crippen MR) is 132 cm³/mol. The Kier molecular flexibility index (Phi) is 9.55. The van der Waals surface area contributed by atoms with Gasteiger partial charge < -0.3 is 10.6 Å². The van der Waals surface area contributed by atoms with Gasteiger partial charge in [0.1, 0.15) is 5.78 Å². The van der Waals surface area contributed by atoms with Gasteiger partial charge in [-0.3, -0.25) is 20.4 Å². The summed E-state index contributed by atoms with van der Waals surface area (Å²) in [5.74, 6) is -0.975. The number of thiol groups is 1. The van der Waals surface area contributed by atoms with Crippen molar-refractivity contribution in [3.63, 3.8) is 0 Å². The highest BCUT2D eigenvalue weighted by Gasteiger charge is 2.15. The maximum Gasteiger partial charge on any atom is 0.245 e. The van der Waals surface area contributed by atoms with Gasteiger partial charge in [-0.1, -0.05) is 23.2 Å². The van der Waals surface area contributed by atoms with E-state index < -0.39 is 27.7 Å². The maximum atomic E-state index is 12.1. The van der Waals surface area contributed by atoms with Crippen LogP contribution < -0.4 is 26.6 Å². The first kappa shape index (κ1) is 26.2. The van der Waals surface area contributed by atoms with Gasteiger partial charge in [-0.05, 0) is 54.7 Å². The van der Waals surface area contributed by atoms with E-state index in [0.717, 1.165) is 0 Å². The number of rotatable bonds is 8. The summed E-state index contributed by atoms with van der Waals surface area (Å²) in [5, 5.41) is 11.0. The fourth-order valence-electron chi connectivity index (χ4n) is 2.37. The Hall–Kier alpha value is -2.09. The number of anilines is 2. The van der Waals surface area contributed by atoms with E-state index in [1.54, 1.807) is 12.1 Å². The molecule has 14 heteroatoms. The summed E-state index contributed by atoms with van der Waals surface area (Å²) in [4.78, 5) is 24.0. The second-order valence-corrected chi connectivity index (χ2v) is 9.84. The SMILES string of the molecule is NS(=O)(=O)c1ccc(NC(S)CC(=O)CC(=O)NNC(=S)Nc2ccc(Cl)cc2Cl)cc1. The zero-order chi connectivity index (χ0) is 23.9. The van der Waals surface area contributed by atoms with Gasteiger partial charge in [0.25, 0.3) is 0 Å². The van der Waals surface area contributed by atoms with E-state index >= 15 is 0 Å². The zero-order valence-electron chi connectivity index (χ0n) is 16.3. The molecule has 0 aliphatic heterocycles. The Bertz CT molecular complexity index is 1110. The van der Waals surface area contributed by atoms with E-state index in [1.807, 2.05) is 0 Å². The number of Topliss-reactive ketones (excluding diaryl/α,β-unsaturated/α-hetero) is 1. The number of halogens is 2. The Labute approximate surface area is 205 Å². The minimum atomic E-state index is -3.79. The van der Waals surface area contributed by atoms with Crippen molar-refractivity contribution in [3.8, 4) is 0 Å². The lowest BCUT2D eigenvalue weighted by atomic mass is 10.2. The van der Waals surface area contributed by atoms with E-state index in [-0.39, 0.29) is 22.2 Å². The van der Waals surface area contributed by atoms with Crippen LogP contribution in [0, 0.1) is 0 Å². The first-order chi connectivity index (χ1) is 14.9. The molecule has 0 saturated heterocycles. The number of primary sulfonamides is 1. The minimum Gasteiger partial charge on any atom is -0.373 e. The molecule has 0 saturated carbocycles. The number of sulfonamides is 1. The fourth-order valence-corrected chi connectivity index (χ4v) is 3.85. The van der Waals surface area contributed by atoms with Crippen molar-refractivity contribution in [1.29, 1.82) is 0 Å². The van der Waals surface area contributed by atoms with Gasteiger partial charge in [-0.15, -0.1) is 0 Å². The summed E-state index contributed by atoms with van der Waals surface area (Å²) in [6, 6.07) is 10.4. The van der Waals surface area contributed by atoms with Crippen LogP contribution >= 0.6 is 48.0 Å². The van der Waals surface area contributed by atoms with Crippen molar-refractivity contribution < 1.29 is 18.0 Å². The minimum absolute atomic E-state index is 0.0373. The third-order valence-corrected chi connectivity index (χ3v) is 5.78. The molecular weight excluding hydrogens is 517 g/mol. The predicted octanol–water partition coefficient (Wildman–Crippen LogP) is 2.68. The summed E-state index contributed by atoms with van der Waals surface area (Å²) in [6.07, 6.45) is -0.461. The van der Waals surface area contributed by atoms with Crippen LogP contribution in [0.2, 0.25) is 10.0 Å².